The third kappa shape index (κ3) is 16.5. The average Bonchev–Trinajstić information content (AvgIpc) is 4.01. The summed E-state index contributed by atoms with van der Waals surface area (Å²) in [5.41, 5.74) is 7.09. The number of carbonyl (C=O) groups is 2. The van der Waals surface area contributed by atoms with E-state index in [-0.39, 0.29) is 30.2 Å². The molecule has 6 N–H and O–H groups in total. The lowest BCUT2D eigenvalue weighted by atomic mass is 9.85. The van der Waals surface area contributed by atoms with Gasteiger partial charge in [0.15, 0.2) is 5.82 Å². The number of amides is 2. The Labute approximate surface area is 454 Å². The van der Waals surface area contributed by atoms with Crippen LogP contribution in [0.1, 0.15) is 109 Å². The number of aliphatic hydroxyl groups is 1. The number of rotatable bonds is 26. The third-order valence-corrected chi connectivity index (χ3v) is 17.1. The number of aliphatic hydroxyl groups excluding tert-OH is 1. The second-order valence-corrected chi connectivity index (χ2v) is 26.1. The summed E-state index contributed by atoms with van der Waals surface area (Å²) in [7, 11) is -0.883. The molecule has 3 atom stereocenters. The summed E-state index contributed by atoms with van der Waals surface area (Å²) in [5.74, 6) is 1.09. The van der Waals surface area contributed by atoms with Crippen LogP contribution in [-0.4, -0.2) is 114 Å². The topological polar surface area (TPSA) is 186 Å². The molecule has 2 aliphatic rings. The van der Waals surface area contributed by atoms with Crippen LogP contribution in [-0.2, 0) is 20.7 Å². The van der Waals surface area contributed by atoms with E-state index in [1.165, 1.54) is 51.1 Å². The van der Waals surface area contributed by atoms with Crippen LogP contribution in [0.25, 0.3) is 10.4 Å². The van der Waals surface area contributed by atoms with E-state index in [1.54, 1.807) is 36.7 Å². The maximum atomic E-state index is 14.1. The summed E-state index contributed by atoms with van der Waals surface area (Å²) in [6.07, 6.45) is 13.9. The molecule has 5 aromatic rings. The van der Waals surface area contributed by atoms with Crippen LogP contribution < -0.4 is 41.5 Å². The van der Waals surface area contributed by atoms with Crippen LogP contribution in [0.2, 0.25) is 5.02 Å². The first-order valence-corrected chi connectivity index (χ1v) is 30.7. The number of piperidine rings is 1. The summed E-state index contributed by atoms with van der Waals surface area (Å²) in [6.45, 7) is 15.9. The number of likely N-dealkylation sites (tertiary alicyclic amines) is 1. The van der Waals surface area contributed by atoms with Gasteiger partial charge < -0.3 is 50.8 Å². The van der Waals surface area contributed by atoms with Crippen LogP contribution in [0.4, 0.5) is 28.8 Å². The number of hydrogen-bond donors (Lipinski definition) is 6. The van der Waals surface area contributed by atoms with Gasteiger partial charge in [0, 0.05) is 55.7 Å². The van der Waals surface area contributed by atoms with E-state index in [9.17, 15) is 19.3 Å². The Morgan fingerprint density at radius 2 is 1.57 bits per heavy atom. The summed E-state index contributed by atoms with van der Waals surface area (Å²) >= 11 is 8.10. The van der Waals surface area contributed by atoms with Gasteiger partial charge in [-0.1, -0.05) is 114 Å². The highest BCUT2D eigenvalue weighted by molar-refractivity contribution is 7.70. The molecule has 1 unspecified atom stereocenters. The van der Waals surface area contributed by atoms with Crippen molar-refractivity contribution in [3.63, 3.8) is 0 Å². The van der Waals surface area contributed by atoms with E-state index >= 15 is 0 Å². The first kappa shape index (κ1) is 57.6. The van der Waals surface area contributed by atoms with Gasteiger partial charge in [0.1, 0.15) is 24.0 Å². The fourth-order valence-electron chi connectivity index (χ4n) is 10.1. The van der Waals surface area contributed by atoms with Crippen molar-refractivity contribution in [2.24, 2.45) is 5.41 Å². The van der Waals surface area contributed by atoms with Crippen molar-refractivity contribution >= 4 is 76.0 Å². The molecule has 3 aromatic carbocycles. The molecule has 2 saturated heterocycles. The molecule has 2 fully saturated rings. The maximum Gasteiger partial charge on any atom is 0.243 e. The van der Waals surface area contributed by atoms with Crippen LogP contribution in [0, 0.1) is 12.3 Å². The highest BCUT2D eigenvalue weighted by atomic mass is 35.5. The van der Waals surface area contributed by atoms with Gasteiger partial charge in [-0.05, 0) is 99.8 Å². The van der Waals surface area contributed by atoms with Gasteiger partial charge in [0.2, 0.25) is 17.8 Å². The normalized spacial score (nSPS) is 16.8. The Hall–Kier alpha value is -5.09. The summed E-state index contributed by atoms with van der Waals surface area (Å²) in [5, 5.41) is 28.6. The summed E-state index contributed by atoms with van der Waals surface area (Å²) in [6, 6.07) is 21.1. The van der Waals surface area contributed by atoms with Crippen molar-refractivity contribution in [2.75, 3.05) is 68.7 Å². The van der Waals surface area contributed by atoms with Gasteiger partial charge in [0.25, 0.3) is 0 Å². The quantitative estimate of drug-likeness (QED) is 0.0227. The molecular weight excluding hydrogens is 1000 g/mol. The van der Waals surface area contributed by atoms with E-state index in [2.05, 4.69) is 79.3 Å². The minimum absolute atomic E-state index is 0.123. The molecule has 0 saturated carbocycles. The second kappa shape index (κ2) is 27.3. The molecule has 0 spiro atoms. The fourth-order valence-corrected chi connectivity index (χ4v) is 12.2. The predicted molar refractivity (Wildman–Crippen MR) is 308 cm³/mol. The molecule has 406 valence electrons. The molecule has 2 aliphatic heterocycles. The Morgan fingerprint density at radius 1 is 0.893 bits per heavy atom. The molecule has 2 aromatic heterocycles. The first-order chi connectivity index (χ1) is 36.0. The van der Waals surface area contributed by atoms with Crippen LogP contribution in [0.15, 0.2) is 78.4 Å². The Kier molecular flexibility index (Phi) is 21.0. The minimum atomic E-state index is -2.54. The summed E-state index contributed by atoms with van der Waals surface area (Å²) < 4.78 is 18.7. The van der Waals surface area contributed by atoms with Crippen molar-refractivity contribution in [1.82, 2.24) is 35.8 Å². The van der Waals surface area contributed by atoms with Gasteiger partial charge >= 0.3 is 0 Å². The number of nitrogens with zero attached hydrogens (tertiary/aromatic N) is 5. The van der Waals surface area contributed by atoms with Gasteiger partial charge in [0.05, 0.1) is 52.9 Å². The summed E-state index contributed by atoms with van der Waals surface area (Å²) in [4.78, 5) is 46.1. The minimum Gasteiger partial charge on any atom is -0.494 e. The highest BCUT2D eigenvalue weighted by Crippen LogP contribution is 2.39. The van der Waals surface area contributed by atoms with Crippen molar-refractivity contribution in [3.8, 4) is 16.2 Å². The van der Waals surface area contributed by atoms with E-state index in [4.69, 9.17) is 16.3 Å². The SMILES string of the molecule is COc1cc(N2CCC(NCCCCCCCCCCCNC(C(=O)N3C[C@H](O)C[C@H]3C(=O)NCc3ccc(-c4scnc4C)cc3)C(C)(C)C)CC2)ccc1Nc1ncc(Cl)c(Nc2ccccc2P(C)(C)=O)n1. The number of thiazole rings is 1. The van der Waals surface area contributed by atoms with Gasteiger partial charge in [-0.3, -0.25) is 9.59 Å². The van der Waals surface area contributed by atoms with Crippen molar-refractivity contribution < 1.29 is 24.0 Å². The first-order valence-electron chi connectivity index (χ1n) is 26.8. The van der Waals surface area contributed by atoms with Crippen LogP contribution in [0.5, 0.6) is 5.75 Å². The van der Waals surface area contributed by atoms with E-state index in [0.29, 0.717) is 40.8 Å². The molecule has 75 heavy (non-hydrogen) atoms. The number of benzene rings is 3. The number of para-hydroxylation sites is 1. The maximum absolute atomic E-state index is 14.1. The van der Waals surface area contributed by atoms with Gasteiger partial charge in [-0.25, -0.2) is 9.97 Å². The molecule has 4 heterocycles. The molecule has 18 heteroatoms. The van der Waals surface area contributed by atoms with Gasteiger partial charge in [-0.15, -0.1) is 11.3 Å². The largest absolute Gasteiger partial charge is 0.494 e. The average molecular weight is 1080 g/mol. The molecule has 0 aliphatic carbocycles. The van der Waals surface area contributed by atoms with E-state index < -0.39 is 25.3 Å². The standard InChI is InChI=1S/C57H80ClN10O5PS/c1-39-51(75-38-63-39)41-23-21-40(22-24-41)35-61-54(70)48-34-44(69)37-68(48)55(71)52(57(2,3)4)60-30-18-14-12-10-8-9-11-13-17-29-59-42-27-31-67(32-28-42)43-25-26-46(49(33-43)73-5)65-56-62-36-45(58)53(66-56)64-47-19-15-16-20-50(47)74(6,7)72/h15-16,19-26,33,36,38,42,44,48,52,59-60,69H,8-14,17-18,27-32,34-35,37H2,1-7H3,(H,61,70)(H2,62,64,65,66)/t44-,48+,52?/m1/s1. The Morgan fingerprint density at radius 3 is 2.23 bits per heavy atom. The number of ether oxygens (including phenoxy) is 1. The molecule has 15 nitrogen and oxygen atoms in total. The second-order valence-electron chi connectivity index (χ2n) is 21.6. The van der Waals surface area contributed by atoms with Crippen LogP contribution in [0.3, 0.4) is 0 Å². The molecular formula is C57H80ClN10O5PS. The number of hydrogen-bond acceptors (Lipinski definition) is 14. The zero-order chi connectivity index (χ0) is 53.5. The highest BCUT2D eigenvalue weighted by Gasteiger charge is 2.43. The number of unbranched alkanes of at least 4 members (excludes halogenated alkanes) is 8. The lowest BCUT2D eigenvalue weighted by molar-refractivity contribution is -0.142. The molecule has 0 bridgehead atoms. The number of methoxy groups -OCH3 is 1. The van der Waals surface area contributed by atoms with Gasteiger partial charge in [-0.2, -0.15) is 4.98 Å². The number of β-amino-alcohol motifs (C(OH)–C–C–N with tert-alkyl or cyclic N) is 1. The smallest absolute Gasteiger partial charge is 0.243 e. The third-order valence-electron chi connectivity index (χ3n) is 14.3. The number of nitrogens with one attached hydrogen (secondary N) is 5. The zero-order valence-electron chi connectivity index (χ0n) is 45.1. The van der Waals surface area contributed by atoms with E-state index in [0.717, 1.165) is 90.2 Å². The molecule has 7 rings (SSSR count). The monoisotopic (exact) mass is 1080 g/mol. The number of aryl methyl sites for hydroxylation is 1. The predicted octanol–water partition coefficient (Wildman–Crippen LogP) is 10.7. The molecule has 0 radical (unpaired) electrons. The van der Waals surface area contributed by atoms with Crippen LogP contribution >= 0.6 is 30.1 Å². The Balaban J connectivity index is 0.735. The number of halogens is 1. The van der Waals surface area contributed by atoms with Crippen molar-refractivity contribution in [2.45, 2.75) is 136 Å². The van der Waals surface area contributed by atoms with E-state index in [1.807, 2.05) is 67.0 Å². The lowest BCUT2D eigenvalue weighted by Crippen LogP contribution is -2.56. The number of anilines is 5. The van der Waals surface area contributed by atoms with Crippen molar-refractivity contribution in [3.05, 3.63) is 94.7 Å². The lowest BCUT2D eigenvalue weighted by Gasteiger charge is -2.35. The fraction of sp³-hybridized carbons (Fsp3) is 0.526. The number of carbonyl (C=O) groups excluding carboxylic acids is 2. The number of aromatic nitrogens is 3. The Bertz CT molecular complexity index is 2690. The zero-order valence-corrected chi connectivity index (χ0v) is 47.6. The van der Waals surface area contributed by atoms with Crippen molar-refractivity contribution in [1.29, 1.82) is 0 Å². The molecule has 2 amide bonds.